The Morgan fingerprint density at radius 3 is 2.00 bits per heavy atom. The van der Waals surface area contributed by atoms with Gasteiger partial charge in [0.2, 0.25) is 0 Å². The van der Waals surface area contributed by atoms with Gasteiger partial charge in [-0.15, -0.1) is 0 Å². The monoisotopic (exact) mass is 446 g/mol. The Morgan fingerprint density at radius 2 is 1.44 bits per heavy atom. The van der Waals surface area contributed by atoms with Crippen LogP contribution in [0.15, 0.2) is 66.7 Å². The van der Waals surface area contributed by atoms with Crippen molar-refractivity contribution in [3.63, 3.8) is 0 Å². The van der Waals surface area contributed by atoms with E-state index in [4.69, 9.17) is 21.1 Å². The van der Waals surface area contributed by atoms with Crippen molar-refractivity contribution >= 4 is 29.0 Å². The average Bonchev–Trinajstić information content (AvgIpc) is 3.48. The Hall–Kier alpha value is -3.44. The fourth-order valence-electron chi connectivity index (χ4n) is 5.03. The minimum Gasteiger partial charge on any atom is -0.493 e. The maximum atomic E-state index is 13.6. The number of ether oxygens (including phenoxy) is 2. The van der Waals surface area contributed by atoms with Crippen LogP contribution in [0.25, 0.3) is 0 Å². The number of hydrogen-bond donors (Lipinski definition) is 0. The van der Waals surface area contributed by atoms with Crippen LogP contribution in [0, 0.1) is 11.3 Å². The molecule has 0 saturated heterocycles. The van der Waals surface area contributed by atoms with E-state index in [1.165, 1.54) is 14.2 Å². The summed E-state index contributed by atoms with van der Waals surface area (Å²) in [5.74, 6) is -1.27. The van der Waals surface area contributed by atoms with Gasteiger partial charge >= 0.3 is 0 Å². The van der Waals surface area contributed by atoms with Gasteiger partial charge < -0.3 is 9.47 Å². The number of benzene rings is 3. The average molecular weight is 447 g/mol. The minimum atomic E-state index is -1.44. The van der Waals surface area contributed by atoms with Crippen LogP contribution in [0.1, 0.15) is 42.6 Å². The SMILES string of the molecule is COc1ccc([C@@H]2[C@@H](C(=O)c3ccc(Cl)cc3)C23C(=O)c2ccccc2C3=O)cc1OC. The van der Waals surface area contributed by atoms with Gasteiger partial charge in [-0.1, -0.05) is 41.9 Å². The quantitative estimate of drug-likeness (QED) is 0.406. The van der Waals surface area contributed by atoms with E-state index in [2.05, 4.69) is 0 Å². The van der Waals surface area contributed by atoms with Crippen LogP contribution < -0.4 is 9.47 Å². The molecule has 2 aliphatic rings. The second-order valence-corrected chi connectivity index (χ2v) is 8.45. The highest BCUT2D eigenvalue weighted by molar-refractivity contribution is 6.35. The van der Waals surface area contributed by atoms with Crippen LogP contribution in [0.3, 0.4) is 0 Å². The first kappa shape index (κ1) is 20.5. The lowest BCUT2D eigenvalue weighted by atomic mass is 9.91. The maximum absolute atomic E-state index is 13.6. The zero-order chi connectivity index (χ0) is 22.6. The number of fused-ring (bicyclic) bond motifs is 1. The minimum absolute atomic E-state index is 0.254. The lowest BCUT2D eigenvalue weighted by Gasteiger charge is -2.11. The summed E-state index contributed by atoms with van der Waals surface area (Å²) in [7, 11) is 3.05. The summed E-state index contributed by atoms with van der Waals surface area (Å²) in [4.78, 5) is 40.8. The van der Waals surface area contributed by atoms with Crippen molar-refractivity contribution in [2.24, 2.45) is 11.3 Å². The van der Waals surface area contributed by atoms with E-state index < -0.39 is 17.3 Å². The molecule has 0 radical (unpaired) electrons. The van der Waals surface area contributed by atoms with E-state index in [1.54, 1.807) is 66.7 Å². The van der Waals surface area contributed by atoms with E-state index in [1.807, 2.05) is 0 Å². The molecule has 0 bridgehead atoms. The third-order valence-corrected chi connectivity index (χ3v) is 6.80. The number of carbonyl (C=O) groups is 3. The molecule has 2 atom stereocenters. The van der Waals surface area contributed by atoms with Crippen molar-refractivity contribution in [2.45, 2.75) is 5.92 Å². The molecule has 0 unspecified atom stereocenters. The predicted octanol–water partition coefficient (Wildman–Crippen LogP) is 5.02. The zero-order valence-electron chi connectivity index (χ0n) is 17.4. The highest BCUT2D eigenvalue weighted by Gasteiger charge is 2.79. The number of methoxy groups -OCH3 is 2. The fraction of sp³-hybridized carbons (Fsp3) is 0.192. The number of ketones is 3. The molecule has 0 heterocycles. The Kier molecular flexibility index (Phi) is 4.68. The molecule has 0 aromatic heterocycles. The van der Waals surface area contributed by atoms with Gasteiger partial charge in [-0.2, -0.15) is 0 Å². The molecule has 6 heteroatoms. The second kappa shape index (κ2) is 7.31. The number of hydrogen-bond acceptors (Lipinski definition) is 5. The summed E-state index contributed by atoms with van der Waals surface area (Å²) >= 11 is 5.98. The number of Topliss-reactive ketones (excluding diaryl/α,β-unsaturated/α-hetero) is 3. The lowest BCUT2D eigenvalue weighted by Crippen LogP contribution is -2.23. The highest BCUT2D eigenvalue weighted by Crippen LogP contribution is 2.71. The summed E-state index contributed by atoms with van der Waals surface area (Å²) < 4.78 is 10.7. The van der Waals surface area contributed by atoms with Crippen molar-refractivity contribution in [2.75, 3.05) is 14.2 Å². The van der Waals surface area contributed by atoms with Crippen LogP contribution in [0.2, 0.25) is 5.02 Å². The molecule has 32 heavy (non-hydrogen) atoms. The highest BCUT2D eigenvalue weighted by atomic mass is 35.5. The molecule has 3 aromatic rings. The summed E-state index contributed by atoms with van der Waals surface area (Å²) in [6, 6.07) is 18.5. The molecule has 160 valence electrons. The standard InChI is InChI=1S/C26H19ClO5/c1-31-19-12-9-15(13-20(19)32-2)21-22(23(28)14-7-10-16(27)11-8-14)26(21)24(29)17-5-3-4-6-18(17)25(26)30/h3-13,21-22H,1-2H3/t21-,22+/m1/s1. The molecule has 1 fully saturated rings. The Balaban J connectivity index is 1.66. The first-order valence-corrected chi connectivity index (χ1v) is 10.5. The van der Waals surface area contributed by atoms with Gasteiger partial charge in [-0.05, 0) is 42.0 Å². The Morgan fingerprint density at radius 1 is 0.844 bits per heavy atom. The molecule has 3 aromatic carbocycles. The molecule has 5 nitrogen and oxygen atoms in total. The normalized spacial score (nSPS) is 20.2. The Labute approximate surface area is 189 Å². The molecule has 0 aliphatic heterocycles. The summed E-state index contributed by atoms with van der Waals surface area (Å²) in [6.45, 7) is 0. The smallest absolute Gasteiger partial charge is 0.178 e. The molecule has 0 N–H and O–H groups in total. The summed E-state index contributed by atoms with van der Waals surface area (Å²) in [5.41, 5.74) is 0.395. The number of carbonyl (C=O) groups excluding carboxylic acids is 3. The van der Waals surface area contributed by atoms with Crippen LogP contribution in [-0.2, 0) is 0 Å². The van der Waals surface area contributed by atoms with E-state index in [0.717, 1.165) is 0 Å². The van der Waals surface area contributed by atoms with Gasteiger partial charge in [0.25, 0.3) is 0 Å². The van der Waals surface area contributed by atoms with Gasteiger partial charge in [-0.3, -0.25) is 14.4 Å². The molecule has 5 rings (SSSR count). The zero-order valence-corrected chi connectivity index (χ0v) is 18.2. The van der Waals surface area contributed by atoms with Crippen LogP contribution in [0.4, 0.5) is 0 Å². The number of halogens is 1. The van der Waals surface area contributed by atoms with Gasteiger partial charge in [0.15, 0.2) is 28.8 Å². The van der Waals surface area contributed by atoms with E-state index in [9.17, 15) is 14.4 Å². The van der Waals surface area contributed by atoms with Gasteiger partial charge in [0, 0.05) is 27.6 Å². The van der Waals surface area contributed by atoms with Crippen molar-refractivity contribution in [3.05, 3.63) is 94.0 Å². The maximum Gasteiger partial charge on any atom is 0.178 e. The summed E-state index contributed by atoms with van der Waals surface area (Å²) in [5, 5.41) is 0.504. The van der Waals surface area contributed by atoms with Crippen LogP contribution >= 0.6 is 11.6 Å². The van der Waals surface area contributed by atoms with E-state index in [-0.39, 0.29) is 17.3 Å². The van der Waals surface area contributed by atoms with Crippen molar-refractivity contribution in [1.82, 2.24) is 0 Å². The van der Waals surface area contributed by atoms with E-state index in [0.29, 0.717) is 38.8 Å². The van der Waals surface area contributed by atoms with Crippen LogP contribution in [-0.4, -0.2) is 31.6 Å². The molecule has 0 amide bonds. The van der Waals surface area contributed by atoms with Crippen molar-refractivity contribution in [1.29, 1.82) is 0 Å². The molecular formula is C26H19ClO5. The fourth-order valence-corrected chi connectivity index (χ4v) is 5.16. The van der Waals surface area contributed by atoms with Gasteiger partial charge in [0.1, 0.15) is 5.41 Å². The van der Waals surface area contributed by atoms with E-state index >= 15 is 0 Å². The topological polar surface area (TPSA) is 69.7 Å². The van der Waals surface area contributed by atoms with Gasteiger partial charge in [0.05, 0.1) is 20.1 Å². The van der Waals surface area contributed by atoms with Gasteiger partial charge in [-0.25, -0.2) is 0 Å². The molecule has 1 spiro atoms. The van der Waals surface area contributed by atoms with Crippen molar-refractivity contribution < 1.29 is 23.9 Å². The largest absolute Gasteiger partial charge is 0.493 e. The first-order chi connectivity index (χ1) is 15.4. The molecular weight excluding hydrogens is 428 g/mol. The molecule has 1 saturated carbocycles. The van der Waals surface area contributed by atoms with Crippen LogP contribution in [0.5, 0.6) is 11.5 Å². The number of rotatable bonds is 5. The Bertz CT molecular complexity index is 1240. The third-order valence-electron chi connectivity index (χ3n) is 6.55. The predicted molar refractivity (Wildman–Crippen MR) is 119 cm³/mol. The first-order valence-electron chi connectivity index (χ1n) is 10.2. The molecule has 2 aliphatic carbocycles. The summed E-state index contributed by atoms with van der Waals surface area (Å²) in [6.07, 6.45) is 0. The van der Waals surface area contributed by atoms with Crippen molar-refractivity contribution in [3.8, 4) is 11.5 Å². The third kappa shape index (κ3) is 2.67. The second-order valence-electron chi connectivity index (χ2n) is 8.01. The lowest BCUT2D eigenvalue weighted by molar-refractivity contribution is 0.0764.